The summed E-state index contributed by atoms with van der Waals surface area (Å²) in [5.74, 6) is 0. The first-order valence-corrected chi connectivity index (χ1v) is 7.87. The van der Waals surface area contributed by atoms with Crippen molar-refractivity contribution in [2.45, 2.75) is 45.9 Å². The van der Waals surface area contributed by atoms with E-state index in [9.17, 15) is 0 Å². The number of morpholine rings is 1. The molecular formula is C16H25ClN2O. The van der Waals surface area contributed by atoms with Gasteiger partial charge in [-0.2, -0.15) is 0 Å². The number of hydrogen-bond acceptors (Lipinski definition) is 3. The lowest BCUT2D eigenvalue weighted by Gasteiger charge is -2.37. The Morgan fingerprint density at radius 3 is 2.60 bits per heavy atom. The van der Waals surface area contributed by atoms with Crippen LogP contribution in [-0.4, -0.2) is 31.8 Å². The zero-order chi connectivity index (χ0) is 14.5. The average molecular weight is 297 g/mol. The summed E-state index contributed by atoms with van der Waals surface area (Å²) in [6.45, 7) is 10.1. The van der Waals surface area contributed by atoms with E-state index < -0.39 is 0 Å². The van der Waals surface area contributed by atoms with Gasteiger partial charge in [-0.25, -0.2) is 0 Å². The molecule has 1 saturated heterocycles. The van der Waals surface area contributed by atoms with Gasteiger partial charge in [0.15, 0.2) is 0 Å². The van der Waals surface area contributed by atoms with E-state index in [1.165, 1.54) is 5.56 Å². The fourth-order valence-corrected chi connectivity index (χ4v) is 3.02. The van der Waals surface area contributed by atoms with Gasteiger partial charge < -0.3 is 15.0 Å². The molecule has 1 fully saturated rings. The van der Waals surface area contributed by atoms with Gasteiger partial charge in [0.2, 0.25) is 0 Å². The van der Waals surface area contributed by atoms with Crippen molar-refractivity contribution in [1.82, 2.24) is 5.32 Å². The third-order valence-corrected chi connectivity index (χ3v) is 3.83. The third kappa shape index (κ3) is 4.11. The molecule has 0 bridgehead atoms. The molecule has 0 spiro atoms. The van der Waals surface area contributed by atoms with Gasteiger partial charge in [0.05, 0.1) is 22.9 Å². The van der Waals surface area contributed by atoms with Crippen molar-refractivity contribution in [1.29, 1.82) is 0 Å². The molecule has 2 unspecified atom stereocenters. The van der Waals surface area contributed by atoms with Gasteiger partial charge >= 0.3 is 0 Å². The number of benzene rings is 1. The molecule has 0 aliphatic carbocycles. The summed E-state index contributed by atoms with van der Waals surface area (Å²) in [5, 5.41) is 4.23. The van der Waals surface area contributed by atoms with Crippen LogP contribution in [0.25, 0.3) is 0 Å². The summed E-state index contributed by atoms with van der Waals surface area (Å²) in [6.07, 6.45) is 1.65. The van der Waals surface area contributed by atoms with Gasteiger partial charge in [-0.05, 0) is 44.5 Å². The monoisotopic (exact) mass is 296 g/mol. The maximum Gasteiger partial charge on any atom is 0.0726 e. The molecule has 1 aliphatic heterocycles. The van der Waals surface area contributed by atoms with Crippen molar-refractivity contribution in [2.24, 2.45) is 0 Å². The van der Waals surface area contributed by atoms with Crippen LogP contribution >= 0.6 is 11.6 Å². The SMILES string of the molecule is CCCNCc1ccc(N2CC(C)OC(C)C2)c(Cl)c1. The van der Waals surface area contributed by atoms with Crippen molar-refractivity contribution in [2.75, 3.05) is 24.5 Å². The molecule has 2 rings (SSSR count). The Labute approximate surface area is 127 Å². The summed E-state index contributed by atoms with van der Waals surface area (Å²) in [5.41, 5.74) is 2.36. The van der Waals surface area contributed by atoms with Crippen LogP contribution < -0.4 is 10.2 Å². The summed E-state index contributed by atoms with van der Waals surface area (Å²) < 4.78 is 5.77. The van der Waals surface area contributed by atoms with Gasteiger partial charge in [0, 0.05) is 19.6 Å². The minimum Gasteiger partial charge on any atom is -0.372 e. The highest BCUT2D eigenvalue weighted by Gasteiger charge is 2.23. The number of nitrogens with zero attached hydrogens (tertiary/aromatic N) is 1. The van der Waals surface area contributed by atoms with E-state index in [1.807, 2.05) is 0 Å². The summed E-state index contributed by atoms with van der Waals surface area (Å²) >= 11 is 6.46. The molecule has 0 amide bonds. The van der Waals surface area contributed by atoms with Gasteiger partial charge in [0.1, 0.15) is 0 Å². The highest BCUT2D eigenvalue weighted by Crippen LogP contribution is 2.29. The van der Waals surface area contributed by atoms with E-state index in [4.69, 9.17) is 16.3 Å². The quantitative estimate of drug-likeness (QED) is 0.842. The number of nitrogens with one attached hydrogen (secondary N) is 1. The molecule has 2 atom stereocenters. The van der Waals surface area contributed by atoms with Crippen LogP contribution in [0.1, 0.15) is 32.8 Å². The summed E-state index contributed by atoms with van der Waals surface area (Å²) in [7, 11) is 0. The van der Waals surface area contributed by atoms with Crippen LogP contribution in [0.15, 0.2) is 18.2 Å². The molecule has 1 aromatic rings. The lowest BCUT2D eigenvalue weighted by atomic mass is 10.1. The number of halogens is 1. The van der Waals surface area contributed by atoms with Crippen molar-refractivity contribution >= 4 is 17.3 Å². The number of hydrogen-bond donors (Lipinski definition) is 1. The van der Waals surface area contributed by atoms with E-state index >= 15 is 0 Å². The van der Waals surface area contributed by atoms with Crippen molar-refractivity contribution in [3.8, 4) is 0 Å². The fourth-order valence-electron chi connectivity index (χ4n) is 2.70. The predicted octanol–water partition coefficient (Wildman–Crippen LogP) is 3.45. The number of anilines is 1. The maximum absolute atomic E-state index is 6.46. The van der Waals surface area contributed by atoms with Crippen molar-refractivity contribution < 1.29 is 4.74 Å². The smallest absolute Gasteiger partial charge is 0.0726 e. The molecule has 1 heterocycles. The van der Waals surface area contributed by atoms with Crippen LogP contribution in [0.3, 0.4) is 0 Å². The normalized spacial score (nSPS) is 23.1. The average Bonchev–Trinajstić information content (AvgIpc) is 2.38. The molecule has 1 aromatic carbocycles. The number of rotatable bonds is 5. The first-order chi connectivity index (χ1) is 9.60. The third-order valence-electron chi connectivity index (χ3n) is 3.53. The summed E-state index contributed by atoms with van der Waals surface area (Å²) in [4.78, 5) is 2.32. The second-order valence-electron chi connectivity index (χ2n) is 5.62. The Morgan fingerprint density at radius 2 is 2.00 bits per heavy atom. The van der Waals surface area contributed by atoms with Gasteiger partial charge in [-0.3, -0.25) is 0 Å². The molecule has 0 aromatic heterocycles. The van der Waals surface area contributed by atoms with Crippen LogP contribution in [0.2, 0.25) is 5.02 Å². The van der Waals surface area contributed by atoms with Crippen LogP contribution in [0.5, 0.6) is 0 Å². The first-order valence-electron chi connectivity index (χ1n) is 7.49. The Balaban J connectivity index is 2.05. The highest BCUT2D eigenvalue weighted by molar-refractivity contribution is 6.33. The molecule has 0 radical (unpaired) electrons. The Hall–Kier alpha value is -0.770. The Bertz CT molecular complexity index is 428. The van der Waals surface area contributed by atoms with Crippen LogP contribution in [0, 0.1) is 0 Å². The van der Waals surface area contributed by atoms with Gasteiger partial charge in [-0.15, -0.1) is 0 Å². The first kappa shape index (κ1) is 15.6. The molecule has 1 aliphatic rings. The van der Waals surface area contributed by atoms with Crippen molar-refractivity contribution in [3.05, 3.63) is 28.8 Å². The van der Waals surface area contributed by atoms with Gasteiger partial charge in [-0.1, -0.05) is 24.6 Å². The molecule has 4 heteroatoms. The largest absolute Gasteiger partial charge is 0.372 e. The minimum absolute atomic E-state index is 0.251. The number of ether oxygens (including phenoxy) is 1. The summed E-state index contributed by atoms with van der Waals surface area (Å²) in [6, 6.07) is 6.37. The molecule has 20 heavy (non-hydrogen) atoms. The Morgan fingerprint density at radius 1 is 1.30 bits per heavy atom. The van der Waals surface area contributed by atoms with E-state index in [0.29, 0.717) is 0 Å². The topological polar surface area (TPSA) is 24.5 Å². The van der Waals surface area contributed by atoms with Crippen LogP contribution in [0.4, 0.5) is 5.69 Å². The van der Waals surface area contributed by atoms with E-state index in [-0.39, 0.29) is 12.2 Å². The predicted molar refractivity (Wildman–Crippen MR) is 85.7 cm³/mol. The molecule has 0 saturated carbocycles. The van der Waals surface area contributed by atoms with E-state index in [2.05, 4.69) is 49.2 Å². The molecule has 3 nitrogen and oxygen atoms in total. The fraction of sp³-hybridized carbons (Fsp3) is 0.625. The van der Waals surface area contributed by atoms with E-state index in [0.717, 1.165) is 43.3 Å². The highest BCUT2D eigenvalue weighted by atomic mass is 35.5. The maximum atomic E-state index is 6.46. The second-order valence-corrected chi connectivity index (χ2v) is 6.03. The lowest BCUT2D eigenvalue weighted by molar-refractivity contribution is -0.00520. The molecule has 112 valence electrons. The van der Waals surface area contributed by atoms with E-state index in [1.54, 1.807) is 0 Å². The second kappa shape index (κ2) is 7.30. The van der Waals surface area contributed by atoms with Gasteiger partial charge in [0.25, 0.3) is 0 Å². The van der Waals surface area contributed by atoms with Crippen molar-refractivity contribution in [3.63, 3.8) is 0 Å². The minimum atomic E-state index is 0.251. The standard InChI is InChI=1S/C16H25ClN2O/c1-4-7-18-9-14-5-6-16(15(17)8-14)19-10-12(2)20-13(3)11-19/h5-6,8,12-13,18H,4,7,9-11H2,1-3H3. The molecular weight excluding hydrogens is 272 g/mol. The van der Waals surface area contributed by atoms with Crippen LogP contribution in [-0.2, 0) is 11.3 Å². The Kier molecular flexibility index (Phi) is 5.70. The zero-order valence-corrected chi connectivity index (χ0v) is 13.4. The zero-order valence-electron chi connectivity index (χ0n) is 12.7. The lowest BCUT2D eigenvalue weighted by Crippen LogP contribution is -2.45. The molecule has 1 N–H and O–H groups in total.